The molecule has 2 unspecified atom stereocenters. The molecule has 4 heteroatoms. The Morgan fingerprint density at radius 1 is 1.33 bits per heavy atom. The zero-order valence-electron chi connectivity index (χ0n) is 10.2. The SMILES string of the molecule is O=C(NC1CCCCC1CBr)c1ccccc1F. The van der Waals surface area contributed by atoms with Crippen LogP contribution in [0.4, 0.5) is 4.39 Å². The molecule has 0 spiro atoms. The van der Waals surface area contributed by atoms with Crippen LogP contribution in [0.15, 0.2) is 24.3 Å². The van der Waals surface area contributed by atoms with Crippen LogP contribution in [0, 0.1) is 11.7 Å². The summed E-state index contributed by atoms with van der Waals surface area (Å²) in [7, 11) is 0. The molecule has 1 aliphatic carbocycles. The Bertz CT molecular complexity index is 424. The first-order valence-electron chi connectivity index (χ1n) is 6.33. The molecule has 1 N–H and O–H groups in total. The highest BCUT2D eigenvalue weighted by Gasteiger charge is 2.26. The number of benzene rings is 1. The zero-order chi connectivity index (χ0) is 13.0. The number of carbonyl (C=O) groups is 1. The Labute approximate surface area is 115 Å². The molecule has 2 nitrogen and oxygen atoms in total. The van der Waals surface area contributed by atoms with Crippen molar-refractivity contribution in [1.82, 2.24) is 5.32 Å². The lowest BCUT2D eigenvalue weighted by Gasteiger charge is -2.31. The van der Waals surface area contributed by atoms with Gasteiger partial charge in [0.15, 0.2) is 0 Å². The van der Waals surface area contributed by atoms with E-state index in [1.165, 1.54) is 18.6 Å². The summed E-state index contributed by atoms with van der Waals surface area (Å²) >= 11 is 3.49. The van der Waals surface area contributed by atoms with Crippen molar-refractivity contribution in [3.05, 3.63) is 35.6 Å². The van der Waals surface area contributed by atoms with Gasteiger partial charge in [-0.15, -0.1) is 0 Å². The summed E-state index contributed by atoms with van der Waals surface area (Å²) in [6.45, 7) is 0. The Kier molecular flexibility index (Phi) is 4.75. The van der Waals surface area contributed by atoms with Crippen molar-refractivity contribution in [3.63, 3.8) is 0 Å². The van der Waals surface area contributed by atoms with Crippen LogP contribution in [0.2, 0.25) is 0 Å². The van der Waals surface area contributed by atoms with Crippen LogP contribution in [0.1, 0.15) is 36.0 Å². The summed E-state index contributed by atoms with van der Waals surface area (Å²) in [6.07, 6.45) is 4.44. The normalized spacial score (nSPS) is 23.7. The van der Waals surface area contributed by atoms with Gasteiger partial charge in [0.2, 0.25) is 0 Å². The second-order valence-electron chi connectivity index (χ2n) is 4.76. The smallest absolute Gasteiger partial charge is 0.254 e. The van der Waals surface area contributed by atoms with E-state index < -0.39 is 5.82 Å². The van der Waals surface area contributed by atoms with Crippen molar-refractivity contribution >= 4 is 21.8 Å². The van der Waals surface area contributed by atoms with Crippen LogP contribution in [-0.2, 0) is 0 Å². The predicted octanol–water partition coefficient (Wildman–Crippen LogP) is 3.51. The topological polar surface area (TPSA) is 29.1 Å². The van der Waals surface area contributed by atoms with Gasteiger partial charge in [0.25, 0.3) is 5.91 Å². The van der Waals surface area contributed by atoms with Gasteiger partial charge in [0.1, 0.15) is 5.82 Å². The van der Waals surface area contributed by atoms with E-state index in [1.807, 2.05) is 0 Å². The van der Waals surface area contributed by atoms with E-state index >= 15 is 0 Å². The van der Waals surface area contributed by atoms with Crippen molar-refractivity contribution in [1.29, 1.82) is 0 Å². The van der Waals surface area contributed by atoms with E-state index in [-0.39, 0.29) is 17.5 Å². The molecule has 1 fully saturated rings. The second kappa shape index (κ2) is 6.32. The van der Waals surface area contributed by atoms with E-state index in [9.17, 15) is 9.18 Å². The molecule has 0 aliphatic heterocycles. The lowest BCUT2D eigenvalue weighted by atomic mass is 9.86. The third kappa shape index (κ3) is 3.10. The van der Waals surface area contributed by atoms with Crippen molar-refractivity contribution < 1.29 is 9.18 Å². The summed E-state index contributed by atoms with van der Waals surface area (Å²) in [5.41, 5.74) is 0.136. The van der Waals surface area contributed by atoms with Gasteiger partial charge in [-0.25, -0.2) is 4.39 Å². The van der Waals surface area contributed by atoms with Gasteiger partial charge in [0.05, 0.1) is 5.56 Å². The van der Waals surface area contributed by atoms with E-state index in [4.69, 9.17) is 0 Å². The number of rotatable bonds is 3. The summed E-state index contributed by atoms with van der Waals surface area (Å²) < 4.78 is 13.5. The Morgan fingerprint density at radius 3 is 2.78 bits per heavy atom. The summed E-state index contributed by atoms with van der Waals surface area (Å²) in [4.78, 5) is 12.0. The maximum Gasteiger partial charge on any atom is 0.254 e. The van der Waals surface area contributed by atoms with Gasteiger partial charge < -0.3 is 5.32 Å². The molecule has 1 aliphatic rings. The number of halogens is 2. The predicted molar refractivity (Wildman–Crippen MR) is 73.4 cm³/mol. The monoisotopic (exact) mass is 313 g/mol. The molecule has 0 heterocycles. The minimum atomic E-state index is -0.457. The van der Waals surface area contributed by atoms with Crippen molar-refractivity contribution in [2.45, 2.75) is 31.7 Å². The summed E-state index contributed by atoms with van der Waals surface area (Å²) in [6, 6.07) is 6.27. The number of hydrogen-bond acceptors (Lipinski definition) is 1. The molecule has 0 saturated heterocycles. The minimum Gasteiger partial charge on any atom is -0.349 e. The van der Waals surface area contributed by atoms with Crippen molar-refractivity contribution in [2.24, 2.45) is 5.92 Å². The summed E-state index contributed by atoms with van der Waals surface area (Å²) in [5.74, 6) is -0.304. The van der Waals surface area contributed by atoms with Crippen LogP contribution < -0.4 is 5.32 Å². The number of hydrogen-bond donors (Lipinski definition) is 1. The van der Waals surface area contributed by atoms with Gasteiger partial charge in [-0.05, 0) is 30.9 Å². The van der Waals surface area contributed by atoms with Gasteiger partial charge in [-0.3, -0.25) is 4.79 Å². The maximum absolute atomic E-state index is 13.5. The van der Waals surface area contributed by atoms with E-state index in [2.05, 4.69) is 21.2 Å². The van der Waals surface area contributed by atoms with Crippen LogP contribution in [0.3, 0.4) is 0 Å². The second-order valence-corrected chi connectivity index (χ2v) is 5.41. The Morgan fingerprint density at radius 2 is 2.06 bits per heavy atom. The Hall–Kier alpha value is -0.900. The minimum absolute atomic E-state index is 0.136. The highest BCUT2D eigenvalue weighted by molar-refractivity contribution is 9.09. The first-order chi connectivity index (χ1) is 8.72. The molecule has 0 aromatic heterocycles. The Balaban J connectivity index is 2.04. The van der Waals surface area contributed by atoms with Crippen LogP contribution in [0.5, 0.6) is 0 Å². The molecule has 98 valence electrons. The molecule has 2 atom stereocenters. The third-order valence-corrected chi connectivity index (χ3v) is 4.37. The molecule has 1 aromatic rings. The third-order valence-electron chi connectivity index (χ3n) is 3.54. The van der Waals surface area contributed by atoms with Crippen LogP contribution in [-0.4, -0.2) is 17.3 Å². The summed E-state index contributed by atoms with van der Waals surface area (Å²) in [5, 5.41) is 3.85. The first kappa shape index (κ1) is 13.5. The largest absolute Gasteiger partial charge is 0.349 e. The van der Waals surface area contributed by atoms with Gasteiger partial charge >= 0.3 is 0 Å². The average Bonchev–Trinajstić information content (AvgIpc) is 2.39. The van der Waals surface area contributed by atoms with Gasteiger partial charge in [0, 0.05) is 11.4 Å². The lowest BCUT2D eigenvalue weighted by molar-refractivity contribution is 0.0907. The maximum atomic E-state index is 13.5. The van der Waals surface area contributed by atoms with E-state index in [0.29, 0.717) is 5.92 Å². The van der Waals surface area contributed by atoms with E-state index in [0.717, 1.165) is 24.6 Å². The first-order valence-corrected chi connectivity index (χ1v) is 7.46. The fourth-order valence-corrected chi connectivity index (χ4v) is 3.25. The highest BCUT2D eigenvalue weighted by Crippen LogP contribution is 2.26. The molecule has 1 aromatic carbocycles. The molecule has 1 amide bonds. The molecule has 0 bridgehead atoms. The number of carbonyl (C=O) groups excluding carboxylic acids is 1. The average molecular weight is 314 g/mol. The van der Waals surface area contributed by atoms with Crippen molar-refractivity contribution in [2.75, 3.05) is 5.33 Å². The quantitative estimate of drug-likeness (QED) is 0.850. The van der Waals surface area contributed by atoms with Gasteiger partial charge in [-0.1, -0.05) is 40.9 Å². The molecule has 0 radical (unpaired) electrons. The zero-order valence-corrected chi connectivity index (χ0v) is 11.7. The van der Waals surface area contributed by atoms with E-state index in [1.54, 1.807) is 12.1 Å². The molecule has 18 heavy (non-hydrogen) atoms. The molecular weight excluding hydrogens is 297 g/mol. The van der Waals surface area contributed by atoms with Crippen LogP contribution >= 0.6 is 15.9 Å². The molecule has 1 saturated carbocycles. The van der Waals surface area contributed by atoms with Crippen LogP contribution in [0.25, 0.3) is 0 Å². The molecular formula is C14H17BrFNO. The number of amides is 1. The fraction of sp³-hybridized carbons (Fsp3) is 0.500. The fourth-order valence-electron chi connectivity index (χ4n) is 2.47. The number of alkyl halides is 1. The molecule has 2 rings (SSSR count). The number of nitrogens with one attached hydrogen (secondary N) is 1. The lowest BCUT2D eigenvalue weighted by Crippen LogP contribution is -2.43. The van der Waals surface area contributed by atoms with Gasteiger partial charge in [-0.2, -0.15) is 0 Å². The van der Waals surface area contributed by atoms with Crippen molar-refractivity contribution in [3.8, 4) is 0 Å². The standard InChI is InChI=1S/C14H17BrFNO/c15-9-10-5-1-4-8-13(10)17-14(18)11-6-2-3-7-12(11)16/h2-3,6-7,10,13H,1,4-5,8-9H2,(H,17,18). The highest BCUT2D eigenvalue weighted by atomic mass is 79.9.